The van der Waals surface area contributed by atoms with Gasteiger partial charge in [-0.25, -0.2) is 17.5 Å². The highest BCUT2D eigenvalue weighted by atomic mass is 32.2. The Morgan fingerprint density at radius 1 is 1.18 bits per heavy atom. The van der Waals surface area contributed by atoms with Crippen LogP contribution >= 0.6 is 0 Å². The van der Waals surface area contributed by atoms with E-state index in [2.05, 4.69) is 4.72 Å². The molecule has 8 nitrogen and oxygen atoms in total. The molecule has 2 aliphatic rings. The van der Waals surface area contributed by atoms with Crippen molar-refractivity contribution in [1.82, 2.24) is 9.62 Å². The summed E-state index contributed by atoms with van der Waals surface area (Å²) < 4.78 is 46.7. The van der Waals surface area contributed by atoms with Crippen LogP contribution in [0.1, 0.15) is 28.8 Å². The number of piperazine rings is 1. The molecule has 10 heteroatoms. The number of benzene rings is 2. The molecule has 1 N–H and O–H groups in total. The Morgan fingerprint density at radius 3 is 2.52 bits per heavy atom. The van der Waals surface area contributed by atoms with E-state index in [4.69, 9.17) is 10.00 Å². The molecular weight excluding hydrogens is 447 g/mol. The van der Waals surface area contributed by atoms with Gasteiger partial charge in [-0.2, -0.15) is 5.26 Å². The summed E-state index contributed by atoms with van der Waals surface area (Å²) in [5.74, 6) is -0.0308. The molecular formula is C23H25FN4O4S. The number of amides is 1. The van der Waals surface area contributed by atoms with Gasteiger partial charge in [0.2, 0.25) is 10.0 Å². The van der Waals surface area contributed by atoms with Gasteiger partial charge in [0.25, 0.3) is 5.91 Å². The fourth-order valence-corrected chi connectivity index (χ4v) is 4.46. The maximum Gasteiger partial charge on any atom is 0.257 e. The minimum Gasteiger partial charge on any atom is -0.492 e. The lowest BCUT2D eigenvalue weighted by molar-refractivity contribution is 0.0741. The van der Waals surface area contributed by atoms with Gasteiger partial charge in [0.05, 0.1) is 22.6 Å². The minimum absolute atomic E-state index is 0.00110. The maximum absolute atomic E-state index is 14.0. The molecule has 2 aromatic carbocycles. The number of carbonyl (C=O) groups is 1. The normalized spacial score (nSPS) is 16.4. The van der Waals surface area contributed by atoms with E-state index in [0.29, 0.717) is 50.1 Å². The fraction of sp³-hybridized carbons (Fsp3) is 0.391. The molecule has 0 bridgehead atoms. The van der Waals surface area contributed by atoms with Crippen molar-refractivity contribution in [2.45, 2.75) is 17.7 Å². The lowest BCUT2D eigenvalue weighted by Gasteiger charge is -2.36. The second kappa shape index (κ2) is 9.37. The van der Waals surface area contributed by atoms with Gasteiger partial charge in [-0.3, -0.25) is 4.79 Å². The van der Waals surface area contributed by atoms with Crippen LogP contribution in [0.4, 0.5) is 10.1 Å². The Bertz CT molecular complexity index is 1200. The Labute approximate surface area is 192 Å². The van der Waals surface area contributed by atoms with E-state index in [0.717, 1.165) is 12.8 Å². The quantitative estimate of drug-likeness (QED) is 0.664. The lowest BCUT2D eigenvalue weighted by atomic mass is 10.1. The molecule has 1 saturated heterocycles. The van der Waals surface area contributed by atoms with Crippen LogP contribution in [0.3, 0.4) is 0 Å². The highest BCUT2D eigenvalue weighted by molar-refractivity contribution is 7.89. The van der Waals surface area contributed by atoms with Gasteiger partial charge < -0.3 is 14.5 Å². The Kier molecular flexibility index (Phi) is 6.54. The van der Waals surface area contributed by atoms with Gasteiger partial charge >= 0.3 is 0 Å². The van der Waals surface area contributed by atoms with Gasteiger partial charge in [0, 0.05) is 31.9 Å². The van der Waals surface area contributed by atoms with Crippen molar-refractivity contribution in [3.8, 4) is 11.8 Å². The second-order valence-electron chi connectivity index (χ2n) is 8.18. The van der Waals surface area contributed by atoms with Crippen molar-refractivity contribution in [1.29, 1.82) is 5.26 Å². The van der Waals surface area contributed by atoms with Gasteiger partial charge in [-0.15, -0.1) is 0 Å². The number of hydrogen-bond acceptors (Lipinski definition) is 6. The molecule has 0 atom stereocenters. The maximum atomic E-state index is 14.0. The zero-order valence-corrected chi connectivity index (χ0v) is 19.1. The molecule has 2 fully saturated rings. The minimum atomic E-state index is -3.72. The number of halogens is 1. The summed E-state index contributed by atoms with van der Waals surface area (Å²) in [6, 6.07) is 10.6. The van der Waals surface area contributed by atoms with Crippen LogP contribution in [0.5, 0.6) is 5.75 Å². The van der Waals surface area contributed by atoms with E-state index >= 15 is 0 Å². The smallest absolute Gasteiger partial charge is 0.257 e. The summed E-state index contributed by atoms with van der Waals surface area (Å²) in [4.78, 5) is 16.9. The van der Waals surface area contributed by atoms with Crippen LogP contribution in [-0.2, 0) is 10.0 Å². The summed E-state index contributed by atoms with van der Waals surface area (Å²) in [6.07, 6.45) is 2.18. The average Bonchev–Trinajstić information content (AvgIpc) is 3.67. The van der Waals surface area contributed by atoms with Crippen molar-refractivity contribution >= 4 is 21.6 Å². The molecule has 33 heavy (non-hydrogen) atoms. The Hall–Kier alpha value is -3.16. The van der Waals surface area contributed by atoms with E-state index in [1.54, 1.807) is 17.0 Å². The van der Waals surface area contributed by atoms with Gasteiger partial charge in [0.1, 0.15) is 17.6 Å². The summed E-state index contributed by atoms with van der Waals surface area (Å²) in [6.45, 7) is 2.21. The molecule has 1 aliphatic carbocycles. The van der Waals surface area contributed by atoms with E-state index in [1.807, 2.05) is 4.90 Å². The van der Waals surface area contributed by atoms with Crippen LogP contribution in [-0.4, -0.2) is 59.1 Å². The monoisotopic (exact) mass is 472 g/mol. The third-order valence-corrected chi connectivity index (χ3v) is 7.35. The molecule has 0 unspecified atom stereocenters. The van der Waals surface area contributed by atoms with Crippen molar-refractivity contribution in [2.24, 2.45) is 5.92 Å². The highest BCUT2D eigenvalue weighted by Crippen LogP contribution is 2.32. The predicted molar refractivity (Wildman–Crippen MR) is 120 cm³/mol. The zero-order valence-electron chi connectivity index (χ0n) is 18.3. The average molecular weight is 473 g/mol. The van der Waals surface area contributed by atoms with Crippen LogP contribution in [0.2, 0.25) is 0 Å². The topological polar surface area (TPSA) is 103 Å². The molecule has 1 aliphatic heterocycles. The molecule has 0 spiro atoms. The molecule has 2 aromatic rings. The SMILES string of the molecule is CNS(=O)(=O)c1ccc(OCC2CC2)c(C(=O)N2CCN(c3ccc(C#N)c(F)c3)CC2)c1. The number of nitriles is 1. The number of rotatable bonds is 7. The first kappa shape index (κ1) is 23.0. The number of ether oxygens (including phenoxy) is 1. The van der Waals surface area contributed by atoms with Crippen LogP contribution in [0, 0.1) is 23.1 Å². The number of nitrogens with one attached hydrogen (secondary N) is 1. The first-order valence-corrected chi connectivity index (χ1v) is 12.2. The highest BCUT2D eigenvalue weighted by Gasteiger charge is 2.28. The summed E-state index contributed by atoms with van der Waals surface area (Å²) in [5, 5.41) is 8.90. The largest absolute Gasteiger partial charge is 0.492 e. The Morgan fingerprint density at radius 2 is 1.91 bits per heavy atom. The number of anilines is 1. The van der Waals surface area contributed by atoms with Crippen LogP contribution in [0.25, 0.3) is 0 Å². The van der Waals surface area contributed by atoms with Crippen molar-refractivity contribution in [3.05, 3.63) is 53.3 Å². The number of hydrogen-bond donors (Lipinski definition) is 1. The predicted octanol–water partition coefficient (Wildman–Crippen LogP) is 2.36. The molecule has 1 saturated carbocycles. The first-order valence-electron chi connectivity index (χ1n) is 10.8. The molecule has 4 rings (SSSR count). The lowest BCUT2D eigenvalue weighted by Crippen LogP contribution is -2.49. The Balaban J connectivity index is 1.51. The second-order valence-corrected chi connectivity index (χ2v) is 10.1. The summed E-state index contributed by atoms with van der Waals surface area (Å²) in [7, 11) is -2.40. The zero-order chi connectivity index (χ0) is 23.6. The van der Waals surface area contributed by atoms with Crippen LogP contribution in [0.15, 0.2) is 41.3 Å². The number of carbonyl (C=O) groups excluding carboxylic acids is 1. The summed E-state index contributed by atoms with van der Waals surface area (Å²) in [5.41, 5.74) is 0.849. The number of sulfonamides is 1. The molecule has 1 heterocycles. The van der Waals surface area contributed by atoms with Gasteiger partial charge in [-0.1, -0.05) is 0 Å². The number of nitrogens with zero attached hydrogens (tertiary/aromatic N) is 3. The molecule has 0 aromatic heterocycles. The summed E-state index contributed by atoms with van der Waals surface area (Å²) >= 11 is 0. The van der Waals surface area contributed by atoms with Crippen LogP contribution < -0.4 is 14.4 Å². The van der Waals surface area contributed by atoms with Gasteiger partial charge in [0.15, 0.2) is 0 Å². The molecule has 1 amide bonds. The third kappa shape index (κ3) is 5.10. The molecule has 174 valence electrons. The van der Waals surface area contributed by atoms with E-state index in [9.17, 15) is 17.6 Å². The van der Waals surface area contributed by atoms with E-state index in [-0.39, 0.29) is 21.9 Å². The standard InChI is InChI=1S/C23H25FN4O4S/c1-26-33(30,31)19-6-7-22(32-15-16-2-3-16)20(13-19)23(29)28-10-8-27(9-11-28)18-5-4-17(14-25)21(24)12-18/h4-7,12-13,16,26H,2-3,8-11,15H2,1H3. The third-order valence-electron chi connectivity index (χ3n) is 5.94. The molecule has 0 radical (unpaired) electrons. The van der Waals surface area contributed by atoms with Crippen molar-refractivity contribution in [2.75, 3.05) is 44.7 Å². The van der Waals surface area contributed by atoms with E-state index in [1.165, 1.54) is 37.4 Å². The van der Waals surface area contributed by atoms with Gasteiger partial charge in [-0.05, 0) is 62.2 Å². The first-order chi connectivity index (χ1) is 15.8. The van der Waals surface area contributed by atoms with Crippen molar-refractivity contribution in [3.63, 3.8) is 0 Å². The van der Waals surface area contributed by atoms with Crippen molar-refractivity contribution < 1.29 is 22.3 Å². The van der Waals surface area contributed by atoms with E-state index < -0.39 is 15.8 Å². The fourth-order valence-electron chi connectivity index (χ4n) is 3.71.